The van der Waals surface area contributed by atoms with Crippen LogP contribution in [-0.2, 0) is 6.54 Å². The molecular weight excluding hydrogens is 262 g/mol. The SMILES string of the molecule is CC(CCO)NC1(CN)CCCN(Cc2ccccc2)C1. The summed E-state index contributed by atoms with van der Waals surface area (Å²) in [6, 6.07) is 10.9. The number of rotatable bonds is 7. The minimum absolute atomic E-state index is 0.0123. The van der Waals surface area contributed by atoms with Crippen molar-refractivity contribution in [3.63, 3.8) is 0 Å². The second-order valence-corrected chi connectivity index (χ2v) is 6.34. The van der Waals surface area contributed by atoms with Crippen LogP contribution in [0.25, 0.3) is 0 Å². The van der Waals surface area contributed by atoms with E-state index in [2.05, 4.69) is 47.5 Å². The van der Waals surface area contributed by atoms with Gasteiger partial charge < -0.3 is 16.2 Å². The predicted molar refractivity (Wildman–Crippen MR) is 87.0 cm³/mol. The maximum Gasteiger partial charge on any atom is 0.0445 e. The van der Waals surface area contributed by atoms with Crippen LogP contribution in [-0.4, -0.2) is 47.8 Å². The van der Waals surface area contributed by atoms with Gasteiger partial charge in [-0.1, -0.05) is 30.3 Å². The zero-order chi connectivity index (χ0) is 15.1. The molecule has 0 aliphatic carbocycles. The van der Waals surface area contributed by atoms with Crippen LogP contribution in [0, 0.1) is 0 Å². The molecule has 0 bridgehead atoms. The van der Waals surface area contributed by atoms with Gasteiger partial charge in [-0.2, -0.15) is 0 Å². The second-order valence-electron chi connectivity index (χ2n) is 6.34. The molecule has 2 atom stereocenters. The third-order valence-electron chi connectivity index (χ3n) is 4.41. The van der Waals surface area contributed by atoms with Gasteiger partial charge in [-0.25, -0.2) is 0 Å². The Balaban J connectivity index is 1.97. The lowest BCUT2D eigenvalue weighted by Gasteiger charge is -2.44. The average molecular weight is 291 g/mol. The molecule has 0 aromatic heterocycles. The number of hydrogen-bond acceptors (Lipinski definition) is 4. The van der Waals surface area contributed by atoms with Crippen molar-refractivity contribution >= 4 is 0 Å². The number of benzene rings is 1. The summed E-state index contributed by atoms with van der Waals surface area (Å²) in [5, 5.41) is 12.8. The predicted octanol–water partition coefficient (Wildman–Crippen LogP) is 1.34. The molecule has 4 heteroatoms. The number of nitrogens with two attached hydrogens (primary N) is 1. The van der Waals surface area contributed by atoms with Gasteiger partial charge in [-0.15, -0.1) is 0 Å². The molecule has 0 radical (unpaired) electrons. The number of nitrogens with one attached hydrogen (secondary N) is 1. The first-order valence-electron chi connectivity index (χ1n) is 8.02. The van der Waals surface area contributed by atoms with Crippen LogP contribution < -0.4 is 11.1 Å². The van der Waals surface area contributed by atoms with Crippen LogP contribution in [0.2, 0.25) is 0 Å². The molecule has 0 spiro atoms. The first kappa shape index (κ1) is 16.4. The Hall–Kier alpha value is -0.940. The van der Waals surface area contributed by atoms with Crippen molar-refractivity contribution in [3.05, 3.63) is 35.9 Å². The molecule has 21 heavy (non-hydrogen) atoms. The van der Waals surface area contributed by atoms with E-state index in [4.69, 9.17) is 10.8 Å². The Labute approximate surface area is 128 Å². The van der Waals surface area contributed by atoms with Gasteiger partial charge in [0, 0.05) is 37.8 Å². The summed E-state index contributed by atoms with van der Waals surface area (Å²) < 4.78 is 0. The summed E-state index contributed by atoms with van der Waals surface area (Å²) in [5.41, 5.74) is 7.43. The molecule has 2 rings (SSSR count). The molecule has 1 fully saturated rings. The van der Waals surface area contributed by atoms with E-state index in [1.807, 2.05) is 0 Å². The van der Waals surface area contributed by atoms with E-state index in [1.165, 1.54) is 12.0 Å². The average Bonchev–Trinajstić information content (AvgIpc) is 2.49. The molecule has 1 aromatic carbocycles. The van der Waals surface area contributed by atoms with Crippen molar-refractivity contribution in [1.82, 2.24) is 10.2 Å². The van der Waals surface area contributed by atoms with Crippen LogP contribution in [0.15, 0.2) is 30.3 Å². The van der Waals surface area contributed by atoms with Crippen LogP contribution >= 0.6 is 0 Å². The Morgan fingerprint density at radius 2 is 2.14 bits per heavy atom. The van der Waals surface area contributed by atoms with E-state index in [0.29, 0.717) is 12.6 Å². The lowest BCUT2D eigenvalue weighted by atomic mass is 9.87. The van der Waals surface area contributed by atoms with Gasteiger partial charge >= 0.3 is 0 Å². The molecule has 1 aromatic rings. The maximum absolute atomic E-state index is 9.09. The Kier molecular flexibility index (Phi) is 6.18. The van der Waals surface area contributed by atoms with Crippen molar-refractivity contribution in [2.75, 3.05) is 26.2 Å². The first-order chi connectivity index (χ1) is 10.2. The fourth-order valence-electron chi connectivity index (χ4n) is 3.34. The molecule has 4 N–H and O–H groups in total. The van der Waals surface area contributed by atoms with Gasteiger partial charge in [0.15, 0.2) is 0 Å². The summed E-state index contributed by atoms with van der Waals surface area (Å²) in [4.78, 5) is 2.49. The highest BCUT2D eigenvalue weighted by molar-refractivity contribution is 5.15. The summed E-state index contributed by atoms with van der Waals surface area (Å²) in [7, 11) is 0. The molecule has 118 valence electrons. The first-order valence-corrected chi connectivity index (χ1v) is 8.02. The largest absolute Gasteiger partial charge is 0.396 e. The zero-order valence-corrected chi connectivity index (χ0v) is 13.1. The lowest BCUT2D eigenvalue weighted by molar-refractivity contribution is 0.107. The number of nitrogens with zero attached hydrogens (tertiary/aromatic N) is 1. The number of likely N-dealkylation sites (tertiary alicyclic amines) is 1. The number of hydrogen-bond donors (Lipinski definition) is 3. The van der Waals surface area contributed by atoms with E-state index in [-0.39, 0.29) is 12.1 Å². The fourth-order valence-corrected chi connectivity index (χ4v) is 3.34. The van der Waals surface area contributed by atoms with Gasteiger partial charge in [0.25, 0.3) is 0 Å². The summed E-state index contributed by atoms with van der Waals surface area (Å²) >= 11 is 0. The van der Waals surface area contributed by atoms with Crippen LogP contribution in [0.1, 0.15) is 31.7 Å². The molecule has 1 saturated heterocycles. The Morgan fingerprint density at radius 1 is 1.38 bits per heavy atom. The van der Waals surface area contributed by atoms with E-state index >= 15 is 0 Å². The van der Waals surface area contributed by atoms with Crippen LogP contribution in [0.3, 0.4) is 0 Å². The molecule has 2 unspecified atom stereocenters. The van der Waals surface area contributed by atoms with E-state index in [1.54, 1.807) is 0 Å². The van der Waals surface area contributed by atoms with Crippen molar-refractivity contribution in [2.24, 2.45) is 5.73 Å². The second kappa shape index (κ2) is 7.90. The molecular formula is C17H29N3O. The molecule has 1 aliphatic rings. The van der Waals surface area contributed by atoms with Crippen molar-refractivity contribution in [3.8, 4) is 0 Å². The monoisotopic (exact) mass is 291 g/mol. The lowest BCUT2D eigenvalue weighted by Crippen LogP contribution is -2.62. The minimum Gasteiger partial charge on any atom is -0.396 e. The molecule has 4 nitrogen and oxygen atoms in total. The van der Waals surface area contributed by atoms with Gasteiger partial charge in [0.2, 0.25) is 0 Å². The summed E-state index contributed by atoms with van der Waals surface area (Å²) in [6.45, 7) is 6.10. The van der Waals surface area contributed by atoms with E-state index in [9.17, 15) is 0 Å². The molecule has 0 saturated carbocycles. The van der Waals surface area contributed by atoms with Gasteiger partial charge in [0.05, 0.1) is 0 Å². The van der Waals surface area contributed by atoms with Gasteiger partial charge in [-0.05, 0) is 38.3 Å². The topological polar surface area (TPSA) is 61.5 Å². The number of aliphatic hydroxyl groups is 1. The van der Waals surface area contributed by atoms with Crippen molar-refractivity contribution < 1.29 is 5.11 Å². The van der Waals surface area contributed by atoms with Crippen LogP contribution in [0.5, 0.6) is 0 Å². The maximum atomic E-state index is 9.09. The highest BCUT2D eigenvalue weighted by Crippen LogP contribution is 2.23. The molecule has 0 amide bonds. The van der Waals surface area contributed by atoms with Crippen LogP contribution in [0.4, 0.5) is 0 Å². The molecule has 1 aliphatic heterocycles. The minimum atomic E-state index is -0.0123. The Morgan fingerprint density at radius 3 is 2.81 bits per heavy atom. The number of piperidine rings is 1. The summed E-state index contributed by atoms with van der Waals surface area (Å²) in [5.74, 6) is 0. The van der Waals surface area contributed by atoms with Gasteiger partial charge in [0.1, 0.15) is 0 Å². The number of aliphatic hydroxyl groups excluding tert-OH is 1. The Bertz CT molecular complexity index is 412. The third-order valence-corrected chi connectivity index (χ3v) is 4.41. The summed E-state index contributed by atoms with van der Waals surface area (Å²) in [6.07, 6.45) is 3.06. The molecule has 1 heterocycles. The standard InChI is InChI=1S/C17H29N3O/c1-15(8-11-21)19-17(13-18)9-5-10-20(14-17)12-16-6-3-2-4-7-16/h2-4,6-7,15,19,21H,5,8-14,18H2,1H3. The van der Waals surface area contributed by atoms with Crippen molar-refractivity contribution in [2.45, 2.75) is 44.3 Å². The van der Waals surface area contributed by atoms with Gasteiger partial charge in [-0.3, -0.25) is 4.90 Å². The van der Waals surface area contributed by atoms with E-state index < -0.39 is 0 Å². The zero-order valence-electron chi connectivity index (χ0n) is 13.1. The quantitative estimate of drug-likeness (QED) is 0.709. The normalized spacial score (nSPS) is 24.9. The highest BCUT2D eigenvalue weighted by Gasteiger charge is 2.34. The highest BCUT2D eigenvalue weighted by atomic mass is 16.3. The third kappa shape index (κ3) is 4.78. The smallest absolute Gasteiger partial charge is 0.0445 e. The van der Waals surface area contributed by atoms with Crippen molar-refractivity contribution in [1.29, 1.82) is 0 Å². The van der Waals surface area contributed by atoms with E-state index in [0.717, 1.165) is 32.5 Å². The fraction of sp³-hybridized carbons (Fsp3) is 0.647.